The lowest BCUT2D eigenvalue weighted by molar-refractivity contribution is 0.301. The molecule has 0 bridgehead atoms. The van der Waals surface area contributed by atoms with E-state index in [1.807, 2.05) is 50.5 Å². The topological polar surface area (TPSA) is 37.4 Å². The lowest BCUT2D eigenvalue weighted by atomic mass is 10.3. The average Bonchev–Trinajstić information content (AvgIpc) is 2.46. The molecule has 0 spiro atoms. The van der Waals surface area contributed by atoms with E-state index in [2.05, 4.69) is 28.2 Å². The Labute approximate surface area is 120 Å². The first-order chi connectivity index (χ1) is 9.69. The maximum Gasteiger partial charge on any atom is 0.130 e. The van der Waals surface area contributed by atoms with Crippen LogP contribution >= 0.6 is 0 Å². The Hall–Kier alpha value is -2.23. The summed E-state index contributed by atoms with van der Waals surface area (Å²) in [6.07, 6.45) is 0. The summed E-state index contributed by atoms with van der Waals surface area (Å²) in [6.45, 7) is 3.38. The predicted molar refractivity (Wildman–Crippen MR) is 83.5 cm³/mol. The van der Waals surface area contributed by atoms with E-state index in [1.54, 1.807) is 0 Å². The van der Waals surface area contributed by atoms with E-state index in [0.717, 1.165) is 29.5 Å². The summed E-state index contributed by atoms with van der Waals surface area (Å²) in [4.78, 5) is 6.54. The molecule has 1 N–H and O–H groups in total. The van der Waals surface area contributed by atoms with E-state index in [9.17, 15) is 0 Å². The van der Waals surface area contributed by atoms with Gasteiger partial charge in [0.15, 0.2) is 0 Å². The highest BCUT2D eigenvalue weighted by Gasteiger charge is 2.01. The molecule has 20 heavy (non-hydrogen) atoms. The van der Waals surface area contributed by atoms with Crippen LogP contribution < -0.4 is 15.0 Å². The summed E-state index contributed by atoms with van der Waals surface area (Å²) >= 11 is 0. The zero-order valence-electron chi connectivity index (χ0n) is 12.3. The van der Waals surface area contributed by atoms with Crippen molar-refractivity contribution in [3.63, 3.8) is 0 Å². The molecular weight excluding hydrogens is 250 g/mol. The van der Waals surface area contributed by atoms with Gasteiger partial charge in [-0.05, 0) is 31.2 Å². The Bertz CT molecular complexity index is 555. The van der Waals surface area contributed by atoms with Crippen molar-refractivity contribution in [1.82, 2.24) is 4.98 Å². The van der Waals surface area contributed by atoms with Gasteiger partial charge in [0, 0.05) is 32.4 Å². The largest absolute Gasteiger partial charge is 0.487 e. The molecule has 2 aromatic rings. The molecule has 1 aromatic carbocycles. The lowest BCUT2D eigenvalue weighted by Crippen LogP contribution is -2.08. The van der Waals surface area contributed by atoms with E-state index in [1.165, 1.54) is 0 Å². The first-order valence-corrected chi connectivity index (χ1v) is 6.79. The third kappa shape index (κ3) is 3.88. The Morgan fingerprint density at radius 1 is 1.15 bits per heavy atom. The number of aromatic nitrogens is 1. The highest BCUT2D eigenvalue weighted by Crippen LogP contribution is 2.20. The van der Waals surface area contributed by atoms with Crippen LogP contribution in [-0.4, -0.2) is 25.6 Å². The second kappa shape index (κ2) is 6.80. The molecule has 0 aliphatic carbocycles. The van der Waals surface area contributed by atoms with Gasteiger partial charge in [0.25, 0.3) is 0 Å². The molecule has 1 aromatic heterocycles. The Balaban J connectivity index is 2.01. The van der Waals surface area contributed by atoms with Crippen LogP contribution in [0.4, 0.5) is 11.5 Å². The molecule has 0 aliphatic rings. The monoisotopic (exact) mass is 271 g/mol. The Morgan fingerprint density at radius 3 is 2.70 bits per heavy atom. The lowest BCUT2D eigenvalue weighted by Gasteiger charge is -2.14. The fourth-order valence-electron chi connectivity index (χ4n) is 1.85. The van der Waals surface area contributed by atoms with Gasteiger partial charge in [-0.3, -0.25) is 0 Å². The molecular formula is C16H21N3O. The number of hydrogen-bond acceptors (Lipinski definition) is 4. The normalized spacial score (nSPS) is 10.2. The quantitative estimate of drug-likeness (QED) is 0.875. The van der Waals surface area contributed by atoms with Gasteiger partial charge in [-0.1, -0.05) is 12.1 Å². The van der Waals surface area contributed by atoms with E-state index in [4.69, 9.17) is 4.74 Å². The summed E-state index contributed by atoms with van der Waals surface area (Å²) in [5.74, 6) is 1.74. The average molecular weight is 271 g/mol. The second-order valence-corrected chi connectivity index (χ2v) is 4.72. The Morgan fingerprint density at radius 2 is 1.95 bits per heavy atom. The first kappa shape index (κ1) is 14.2. The van der Waals surface area contributed by atoms with Crippen molar-refractivity contribution in [3.8, 4) is 5.75 Å². The minimum Gasteiger partial charge on any atom is -0.487 e. The van der Waals surface area contributed by atoms with Crippen LogP contribution in [0.2, 0.25) is 0 Å². The third-order valence-electron chi connectivity index (χ3n) is 2.89. The molecule has 0 saturated heterocycles. The predicted octanol–water partition coefficient (Wildman–Crippen LogP) is 3.16. The maximum atomic E-state index is 5.80. The number of rotatable bonds is 6. The number of benzene rings is 1. The number of nitrogens with zero attached hydrogens (tertiary/aromatic N) is 2. The van der Waals surface area contributed by atoms with E-state index < -0.39 is 0 Å². The fourth-order valence-corrected chi connectivity index (χ4v) is 1.85. The summed E-state index contributed by atoms with van der Waals surface area (Å²) in [6, 6.07) is 13.9. The van der Waals surface area contributed by atoms with E-state index in [-0.39, 0.29) is 0 Å². The van der Waals surface area contributed by atoms with Gasteiger partial charge in [-0.2, -0.15) is 0 Å². The van der Waals surface area contributed by atoms with Crippen molar-refractivity contribution in [2.75, 3.05) is 30.9 Å². The third-order valence-corrected chi connectivity index (χ3v) is 2.89. The van der Waals surface area contributed by atoms with Crippen LogP contribution in [0.5, 0.6) is 5.75 Å². The molecule has 0 radical (unpaired) electrons. The molecule has 0 amide bonds. The highest BCUT2D eigenvalue weighted by atomic mass is 16.5. The molecule has 0 saturated carbocycles. The number of anilines is 2. The standard InChI is InChI=1S/C16H21N3O/c1-4-17-16-10-5-7-13(18-16)12-20-15-9-6-8-14(11-15)19(2)3/h5-11H,4,12H2,1-3H3,(H,17,18). The Kier molecular flexibility index (Phi) is 4.82. The zero-order chi connectivity index (χ0) is 14.4. The second-order valence-electron chi connectivity index (χ2n) is 4.72. The van der Waals surface area contributed by atoms with Crippen molar-refractivity contribution in [3.05, 3.63) is 48.2 Å². The smallest absolute Gasteiger partial charge is 0.130 e. The zero-order valence-corrected chi connectivity index (χ0v) is 12.3. The summed E-state index contributed by atoms with van der Waals surface area (Å²) < 4.78 is 5.80. The first-order valence-electron chi connectivity index (χ1n) is 6.79. The molecule has 4 nitrogen and oxygen atoms in total. The molecule has 4 heteroatoms. The molecule has 2 rings (SSSR count). The van der Waals surface area contributed by atoms with Gasteiger partial charge in [-0.25, -0.2) is 4.98 Å². The molecule has 1 heterocycles. The van der Waals surface area contributed by atoms with Crippen LogP contribution in [0, 0.1) is 0 Å². The number of ether oxygens (including phenoxy) is 1. The molecule has 0 atom stereocenters. The van der Waals surface area contributed by atoms with Crippen molar-refractivity contribution >= 4 is 11.5 Å². The van der Waals surface area contributed by atoms with E-state index in [0.29, 0.717) is 6.61 Å². The minimum absolute atomic E-state index is 0.468. The SMILES string of the molecule is CCNc1cccc(COc2cccc(N(C)C)c2)n1. The minimum atomic E-state index is 0.468. The van der Waals surface area contributed by atoms with Crippen LogP contribution in [0.3, 0.4) is 0 Å². The van der Waals surface area contributed by atoms with Gasteiger partial charge in [0.2, 0.25) is 0 Å². The molecule has 106 valence electrons. The van der Waals surface area contributed by atoms with Crippen LogP contribution in [0.25, 0.3) is 0 Å². The number of hydrogen-bond donors (Lipinski definition) is 1. The van der Waals surface area contributed by atoms with Gasteiger partial charge < -0.3 is 15.0 Å². The van der Waals surface area contributed by atoms with Crippen molar-refractivity contribution in [1.29, 1.82) is 0 Å². The molecule has 0 unspecified atom stereocenters. The van der Waals surface area contributed by atoms with Crippen LogP contribution in [0.1, 0.15) is 12.6 Å². The van der Waals surface area contributed by atoms with Crippen molar-refractivity contribution in [2.45, 2.75) is 13.5 Å². The van der Waals surface area contributed by atoms with Crippen LogP contribution in [0.15, 0.2) is 42.5 Å². The van der Waals surface area contributed by atoms with Gasteiger partial charge >= 0.3 is 0 Å². The fraction of sp³-hybridized carbons (Fsp3) is 0.312. The number of pyridine rings is 1. The summed E-state index contributed by atoms with van der Waals surface area (Å²) in [7, 11) is 4.03. The van der Waals surface area contributed by atoms with Gasteiger partial charge in [0.1, 0.15) is 18.2 Å². The maximum absolute atomic E-state index is 5.80. The molecule has 0 aliphatic heterocycles. The van der Waals surface area contributed by atoms with Crippen LogP contribution in [-0.2, 0) is 6.61 Å². The highest BCUT2D eigenvalue weighted by molar-refractivity contribution is 5.49. The summed E-state index contributed by atoms with van der Waals surface area (Å²) in [5, 5.41) is 3.20. The van der Waals surface area contributed by atoms with Crippen molar-refractivity contribution in [2.24, 2.45) is 0 Å². The van der Waals surface area contributed by atoms with E-state index >= 15 is 0 Å². The van der Waals surface area contributed by atoms with Gasteiger partial charge in [0.05, 0.1) is 5.69 Å². The summed E-state index contributed by atoms with van der Waals surface area (Å²) in [5.41, 5.74) is 2.04. The number of nitrogens with one attached hydrogen (secondary N) is 1. The molecule has 0 fully saturated rings. The van der Waals surface area contributed by atoms with Crippen molar-refractivity contribution < 1.29 is 4.74 Å². The van der Waals surface area contributed by atoms with Gasteiger partial charge in [-0.15, -0.1) is 0 Å².